The van der Waals surface area contributed by atoms with Crippen molar-refractivity contribution >= 4 is 38.8 Å². The van der Waals surface area contributed by atoms with Crippen molar-refractivity contribution in [3.8, 4) is 0 Å². The minimum atomic E-state index is 1.09. The van der Waals surface area contributed by atoms with Gasteiger partial charge in [0.2, 0.25) is 0 Å². The molecule has 52 valence electrons. The molecule has 10 heavy (non-hydrogen) atoms. The molecule has 0 unspecified atom stereocenters. The smallest absolute Gasteiger partial charge is 0.137 e. The van der Waals surface area contributed by atoms with Gasteiger partial charge >= 0.3 is 0 Å². The summed E-state index contributed by atoms with van der Waals surface area (Å²) in [5.74, 6) is 0. The minimum Gasteiger partial charge on any atom is -0.296 e. The van der Waals surface area contributed by atoms with Gasteiger partial charge in [-0.25, -0.2) is 4.98 Å². The molecule has 0 aromatic carbocycles. The Balaban J connectivity index is 2.90. The molecule has 0 fully saturated rings. The maximum Gasteiger partial charge on any atom is 0.137 e. The molecule has 2 rings (SSSR count). The number of aromatic nitrogens is 2. The first-order valence-electron chi connectivity index (χ1n) is 2.86. The van der Waals surface area contributed by atoms with Gasteiger partial charge in [-0.15, -0.1) is 11.3 Å². The van der Waals surface area contributed by atoms with E-state index in [1.54, 1.807) is 11.3 Å². The number of hydrogen-bond acceptors (Lipinski definition) is 2. The normalized spacial score (nSPS) is 11.0. The Labute approximate surface area is 76.0 Å². The maximum atomic E-state index is 4.16. The minimum absolute atomic E-state index is 1.09. The van der Waals surface area contributed by atoms with Crippen LogP contribution in [0.2, 0.25) is 0 Å². The lowest BCUT2D eigenvalue weighted by Gasteiger charge is -1.75. The monoisotopic (exact) mass is 264 g/mol. The summed E-state index contributed by atoms with van der Waals surface area (Å²) in [6, 6.07) is 0. The van der Waals surface area contributed by atoms with Crippen molar-refractivity contribution in [1.82, 2.24) is 9.38 Å². The molecule has 0 aliphatic heterocycles. The molecule has 0 atom stereocenters. The summed E-state index contributed by atoms with van der Waals surface area (Å²) in [6.07, 6.45) is 3.94. The van der Waals surface area contributed by atoms with Crippen LogP contribution in [0.3, 0.4) is 0 Å². The average Bonchev–Trinajstić information content (AvgIpc) is 2.35. The summed E-state index contributed by atoms with van der Waals surface area (Å²) in [4.78, 5) is 6.73. The first-order valence-corrected chi connectivity index (χ1v) is 4.75. The second-order valence-electron chi connectivity index (χ2n) is 2.09. The molecule has 0 saturated heterocycles. The fourth-order valence-electron chi connectivity index (χ4n) is 0.889. The third kappa shape index (κ3) is 0.861. The molecule has 0 radical (unpaired) electrons. The van der Waals surface area contributed by atoms with Crippen LogP contribution >= 0.6 is 33.9 Å². The van der Waals surface area contributed by atoms with E-state index in [2.05, 4.69) is 45.1 Å². The summed E-state index contributed by atoms with van der Waals surface area (Å²) in [6.45, 7) is 2.10. The van der Waals surface area contributed by atoms with Crippen LogP contribution in [0.1, 0.15) is 4.88 Å². The number of rotatable bonds is 0. The molecule has 0 N–H and O–H groups in total. The van der Waals surface area contributed by atoms with Gasteiger partial charge in [0.25, 0.3) is 0 Å². The molecule has 4 heteroatoms. The zero-order chi connectivity index (χ0) is 7.14. The summed E-state index contributed by atoms with van der Waals surface area (Å²) < 4.78 is 3.15. The Morgan fingerprint density at radius 2 is 2.50 bits per heavy atom. The van der Waals surface area contributed by atoms with Crippen molar-refractivity contribution in [2.24, 2.45) is 0 Å². The van der Waals surface area contributed by atoms with Gasteiger partial charge in [-0.1, -0.05) is 0 Å². The number of aryl methyl sites for hydroxylation is 1. The highest BCUT2D eigenvalue weighted by atomic mass is 127. The van der Waals surface area contributed by atoms with Crippen molar-refractivity contribution in [1.29, 1.82) is 0 Å². The van der Waals surface area contributed by atoms with Crippen LogP contribution in [-0.2, 0) is 0 Å². The summed E-state index contributed by atoms with van der Waals surface area (Å²) >= 11 is 4.02. The van der Waals surface area contributed by atoms with E-state index in [0.717, 1.165) is 3.70 Å². The summed E-state index contributed by atoms with van der Waals surface area (Å²) in [5, 5.41) is 0. The van der Waals surface area contributed by atoms with Crippen molar-refractivity contribution in [3.63, 3.8) is 0 Å². The van der Waals surface area contributed by atoms with Gasteiger partial charge in [-0.3, -0.25) is 4.40 Å². The van der Waals surface area contributed by atoms with E-state index in [4.69, 9.17) is 0 Å². The van der Waals surface area contributed by atoms with Crippen LogP contribution in [-0.4, -0.2) is 9.38 Å². The zero-order valence-electron chi connectivity index (χ0n) is 5.34. The highest BCUT2D eigenvalue weighted by molar-refractivity contribution is 14.1. The second-order valence-corrected chi connectivity index (χ2v) is 4.35. The standard InChI is InChI=1S/C6H5IN2S/c1-4-2-9-3-8-5(7)6(9)10-4/h2-3H,1H3. The lowest BCUT2D eigenvalue weighted by molar-refractivity contribution is 1.16. The molecular weight excluding hydrogens is 259 g/mol. The SMILES string of the molecule is Cc1cn2cnc(I)c2s1. The van der Waals surface area contributed by atoms with Gasteiger partial charge in [0.05, 0.1) is 0 Å². The predicted molar refractivity (Wildman–Crippen MR) is 50.5 cm³/mol. The molecule has 0 saturated carbocycles. The fourth-order valence-corrected chi connectivity index (χ4v) is 2.44. The molecule has 0 aliphatic carbocycles. The largest absolute Gasteiger partial charge is 0.296 e. The van der Waals surface area contributed by atoms with Gasteiger partial charge < -0.3 is 0 Å². The van der Waals surface area contributed by atoms with E-state index < -0.39 is 0 Å². The van der Waals surface area contributed by atoms with E-state index in [0.29, 0.717) is 0 Å². The van der Waals surface area contributed by atoms with Crippen LogP contribution in [0.4, 0.5) is 0 Å². The number of hydrogen-bond donors (Lipinski definition) is 0. The van der Waals surface area contributed by atoms with Gasteiger partial charge in [0.1, 0.15) is 14.9 Å². The number of thiazole rings is 1. The third-order valence-corrected chi connectivity index (χ3v) is 3.47. The van der Waals surface area contributed by atoms with Crippen molar-refractivity contribution in [2.75, 3.05) is 0 Å². The zero-order valence-corrected chi connectivity index (χ0v) is 8.31. The van der Waals surface area contributed by atoms with Crippen molar-refractivity contribution in [3.05, 3.63) is 21.1 Å². The molecule has 2 heterocycles. The molecule has 0 amide bonds. The molecule has 0 bridgehead atoms. The predicted octanol–water partition coefficient (Wildman–Crippen LogP) is 2.31. The van der Waals surface area contributed by atoms with Gasteiger partial charge in [0.15, 0.2) is 0 Å². The fraction of sp³-hybridized carbons (Fsp3) is 0.167. The van der Waals surface area contributed by atoms with Gasteiger partial charge in [-0.05, 0) is 29.5 Å². The Kier molecular flexibility index (Phi) is 1.45. The quantitative estimate of drug-likeness (QED) is 0.667. The number of imidazole rings is 1. The maximum absolute atomic E-state index is 4.16. The van der Waals surface area contributed by atoms with E-state index >= 15 is 0 Å². The van der Waals surface area contributed by atoms with Crippen LogP contribution < -0.4 is 0 Å². The van der Waals surface area contributed by atoms with Crippen molar-refractivity contribution in [2.45, 2.75) is 6.92 Å². The molecule has 2 nitrogen and oxygen atoms in total. The summed E-state index contributed by atoms with van der Waals surface area (Å²) in [5.41, 5.74) is 0. The first kappa shape index (κ1) is 6.60. The van der Waals surface area contributed by atoms with Crippen LogP contribution in [0.25, 0.3) is 4.83 Å². The Morgan fingerprint density at radius 3 is 3.20 bits per heavy atom. The Bertz CT molecular complexity index is 363. The van der Waals surface area contributed by atoms with E-state index in [1.807, 2.05) is 6.33 Å². The van der Waals surface area contributed by atoms with Crippen LogP contribution in [0, 0.1) is 10.6 Å². The van der Waals surface area contributed by atoms with E-state index in [-0.39, 0.29) is 0 Å². The molecule has 2 aromatic rings. The topological polar surface area (TPSA) is 17.3 Å². The highest BCUT2D eigenvalue weighted by Gasteiger charge is 2.02. The van der Waals surface area contributed by atoms with Gasteiger partial charge in [0, 0.05) is 11.1 Å². The molecular formula is C6H5IN2S. The Hall–Kier alpha value is -0.100. The third-order valence-electron chi connectivity index (χ3n) is 1.29. The Morgan fingerprint density at radius 1 is 1.70 bits per heavy atom. The van der Waals surface area contributed by atoms with Crippen LogP contribution in [0.5, 0.6) is 0 Å². The van der Waals surface area contributed by atoms with Gasteiger partial charge in [-0.2, -0.15) is 0 Å². The molecule has 2 aromatic heterocycles. The molecule has 0 aliphatic rings. The van der Waals surface area contributed by atoms with Crippen molar-refractivity contribution < 1.29 is 0 Å². The van der Waals surface area contributed by atoms with E-state index in [1.165, 1.54) is 9.71 Å². The summed E-state index contributed by atoms with van der Waals surface area (Å²) in [7, 11) is 0. The van der Waals surface area contributed by atoms with E-state index in [9.17, 15) is 0 Å². The first-order chi connectivity index (χ1) is 4.77. The molecule has 0 spiro atoms. The number of halogens is 1. The number of nitrogens with zero attached hydrogens (tertiary/aromatic N) is 2. The highest BCUT2D eigenvalue weighted by Crippen LogP contribution is 2.20. The number of fused-ring (bicyclic) bond motifs is 1. The average molecular weight is 264 g/mol. The van der Waals surface area contributed by atoms with Crippen LogP contribution in [0.15, 0.2) is 12.5 Å². The second kappa shape index (κ2) is 2.20. The lowest BCUT2D eigenvalue weighted by Crippen LogP contribution is -1.68. The lowest BCUT2D eigenvalue weighted by atomic mass is 10.6.